The summed E-state index contributed by atoms with van der Waals surface area (Å²) in [6.45, 7) is 0.105. The summed E-state index contributed by atoms with van der Waals surface area (Å²) in [5, 5.41) is 9.06. The van der Waals surface area contributed by atoms with Gasteiger partial charge in [-0.25, -0.2) is 12.8 Å². The first-order valence-corrected chi connectivity index (χ1v) is 8.36. The Morgan fingerprint density at radius 1 is 1.40 bits per heavy atom. The van der Waals surface area contributed by atoms with Gasteiger partial charge in [-0.1, -0.05) is 18.0 Å². The van der Waals surface area contributed by atoms with Gasteiger partial charge in [-0.15, -0.1) is 0 Å². The predicted molar refractivity (Wildman–Crippen MR) is 74.6 cm³/mol. The van der Waals surface area contributed by atoms with Crippen LogP contribution in [-0.4, -0.2) is 37.0 Å². The van der Waals surface area contributed by atoms with E-state index in [2.05, 4.69) is 0 Å². The number of aliphatic hydroxyl groups excluding tert-OH is 1. The Bertz CT molecular complexity index is 575. The van der Waals surface area contributed by atoms with Crippen LogP contribution in [0.2, 0.25) is 5.02 Å². The van der Waals surface area contributed by atoms with E-state index in [9.17, 15) is 12.8 Å². The summed E-state index contributed by atoms with van der Waals surface area (Å²) in [7, 11) is -3.89. The van der Waals surface area contributed by atoms with Crippen LogP contribution in [0.25, 0.3) is 0 Å². The van der Waals surface area contributed by atoms with Crippen molar-refractivity contribution in [1.29, 1.82) is 0 Å². The van der Waals surface area contributed by atoms with Crippen molar-refractivity contribution in [3.05, 3.63) is 29.0 Å². The van der Waals surface area contributed by atoms with Gasteiger partial charge in [0.05, 0.1) is 0 Å². The van der Waals surface area contributed by atoms with E-state index < -0.39 is 15.8 Å². The number of aliphatic hydroxyl groups is 1. The summed E-state index contributed by atoms with van der Waals surface area (Å²) in [6, 6.07) is 3.46. The van der Waals surface area contributed by atoms with Gasteiger partial charge in [0.2, 0.25) is 10.0 Å². The van der Waals surface area contributed by atoms with E-state index in [4.69, 9.17) is 16.7 Å². The molecule has 1 N–H and O–H groups in total. The number of nitrogens with zero attached hydrogens (tertiary/aromatic N) is 1. The zero-order chi connectivity index (χ0) is 14.8. The Morgan fingerprint density at radius 3 is 2.60 bits per heavy atom. The molecule has 1 aliphatic rings. The van der Waals surface area contributed by atoms with E-state index in [1.807, 2.05) is 0 Å². The molecular formula is C13H17ClFNO3S. The van der Waals surface area contributed by atoms with Crippen molar-refractivity contribution in [1.82, 2.24) is 4.31 Å². The van der Waals surface area contributed by atoms with Crippen molar-refractivity contribution in [3.63, 3.8) is 0 Å². The van der Waals surface area contributed by atoms with Crippen molar-refractivity contribution in [2.75, 3.05) is 13.2 Å². The monoisotopic (exact) mass is 321 g/mol. The van der Waals surface area contributed by atoms with E-state index in [1.54, 1.807) is 0 Å². The first kappa shape index (κ1) is 15.7. The Balaban J connectivity index is 2.33. The standard InChI is InChI=1S/C13H17ClFNO3S/c14-10-5-6-13(12(15)9-10)20(18,19)16(7-2-8-17)11-3-1-4-11/h5-6,9,11,17H,1-4,7-8H2. The van der Waals surface area contributed by atoms with Gasteiger partial charge in [0, 0.05) is 24.2 Å². The van der Waals surface area contributed by atoms with Crippen molar-refractivity contribution >= 4 is 21.6 Å². The van der Waals surface area contributed by atoms with Gasteiger partial charge in [-0.3, -0.25) is 0 Å². The number of hydrogen-bond donors (Lipinski definition) is 1. The normalized spacial score (nSPS) is 16.4. The lowest BCUT2D eigenvalue weighted by molar-refractivity contribution is 0.198. The molecule has 0 aromatic heterocycles. The maximum Gasteiger partial charge on any atom is 0.246 e. The smallest absolute Gasteiger partial charge is 0.246 e. The highest BCUT2D eigenvalue weighted by molar-refractivity contribution is 7.89. The fourth-order valence-electron chi connectivity index (χ4n) is 2.21. The molecule has 4 nitrogen and oxygen atoms in total. The zero-order valence-electron chi connectivity index (χ0n) is 10.9. The quantitative estimate of drug-likeness (QED) is 0.875. The summed E-state index contributed by atoms with van der Waals surface area (Å²) in [6.07, 6.45) is 2.86. The maximum atomic E-state index is 13.9. The lowest BCUT2D eigenvalue weighted by Gasteiger charge is -2.36. The summed E-state index contributed by atoms with van der Waals surface area (Å²) in [5.74, 6) is -0.842. The minimum absolute atomic E-state index is 0.0954. The largest absolute Gasteiger partial charge is 0.396 e. The lowest BCUT2D eigenvalue weighted by atomic mass is 9.93. The Labute approximate surface area is 123 Å². The summed E-state index contributed by atoms with van der Waals surface area (Å²) < 4.78 is 40.3. The van der Waals surface area contributed by atoms with Crippen LogP contribution in [0.15, 0.2) is 23.1 Å². The SMILES string of the molecule is O=S(=O)(c1ccc(Cl)cc1F)N(CCCO)C1CCC1. The molecule has 0 amide bonds. The molecule has 7 heteroatoms. The fourth-order valence-corrected chi connectivity index (χ4v) is 4.14. The molecule has 0 bridgehead atoms. The van der Waals surface area contributed by atoms with E-state index in [0.29, 0.717) is 6.42 Å². The Hall–Kier alpha value is -0.690. The second-order valence-corrected chi connectivity index (χ2v) is 7.15. The van der Waals surface area contributed by atoms with Crippen LogP contribution >= 0.6 is 11.6 Å². The molecular weight excluding hydrogens is 305 g/mol. The molecule has 20 heavy (non-hydrogen) atoms. The topological polar surface area (TPSA) is 57.6 Å². The minimum atomic E-state index is -3.89. The molecule has 0 aliphatic heterocycles. The summed E-state index contributed by atoms with van der Waals surface area (Å²) in [5.41, 5.74) is 0. The van der Waals surface area contributed by atoms with Gasteiger partial charge < -0.3 is 5.11 Å². The maximum absolute atomic E-state index is 13.9. The predicted octanol–water partition coefficient (Wildman–Crippen LogP) is 2.40. The molecule has 1 aromatic rings. The second kappa shape index (κ2) is 6.39. The average Bonchev–Trinajstić information content (AvgIpc) is 2.31. The Kier molecular flexibility index (Phi) is 5.01. The average molecular weight is 322 g/mol. The molecule has 1 aliphatic carbocycles. The van der Waals surface area contributed by atoms with Crippen molar-refractivity contribution in [2.24, 2.45) is 0 Å². The molecule has 1 aromatic carbocycles. The molecule has 0 radical (unpaired) electrons. The van der Waals surface area contributed by atoms with E-state index in [1.165, 1.54) is 16.4 Å². The van der Waals surface area contributed by atoms with Crippen LogP contribution in [0.5, 0.6) is 0 Å². The van der Waals surface area contributed by atoms with Crippen molar-refractivity contribution in [2.45, 2.75) is 36.6 Å². The first-order valence-electron chi connectivity index (χ1n) is 6.54. The van der Waals surface area contributed by atoms with E-state index >= 15 is 0 Å². The molecule has 0 atom stereocenters. The van der Waals surface area contributed by atoms with Gasteiger partial charge in [0.1, 0.15) is 10.7 Å². The molecule has 0 spiro atoms. The minimum Gasteiger partial charge on any atom is -0.396 e. The van der Waals surface area contributed by atoms with Crippen LogP contribution in [0.1, 0.15) is 25.7 Å². The van der Waals surface area contributed by atoms with Crippen LogP contribution in [0, 0.1) is 5.82 Å². The fraction of sp³-hybridized carbons (Fsp3) is 0.538. The summed E-state index contributed by atoms with van der Waals surface area (Å²) in [4.78, 5) is -0.355. The van der Waals surface area contributed by atoms with E-state index in [-0.39, 0.29) is 29.1 Å². The number of hydrogen-bond acceptors (Lipinski definition) is 3. The van der Waals surface area contributed by atoms with Crippen LogP contribution in [-0.2, 0) is 10.0 Å². The third-order valence-corrected chi connectivity index (χ3v) is 5.72. The zero-order valence-corrected chi connectivity index (χ0v) is 12.5. The van der Waals surface area contributed by atoms with Crippen LogP contribution in [0.4, 0.5) is 4.39 Å². The third-order valence-electron chi connectivity index (χ3n) is 3.50. The lowest BCUT2D eigenvalue weighted by Crippen LogP contribution is -2.45. The highest BCUT2D eigenvalue weighted by Crippen LogP contribution is 2.31. The van der Waals surface area contributed by atoms with Crippen LogP contribution < -0.4 is 0 Å². The molecule has 2 rings (SSSR count). The second-order valence-electron chi connectivity index (χ2n) is 4.85. The molecule has 1 saturated carbocycles. The van der Waals surface area contributed by atoms with Gasteiger partial charge in [-0.05, 0) is 37.5 Å². The van der Waals surface area contributed by atoms with Gasteiger partial charge in [0.25, 0.3) is 0 Å². The number of sulfonamides is 1. The highest BCUT2D eigenvalue weighted by Gasteiger charge is 2.35. The highest BCUT2D eigenvalue weighted by atomic mass is 35.5. The molecule has 112 valence electrons. The van der Waals surface area contributed by atoms with Gasteiger partial charge >= 0.3 is 0 Å². The Morgan fingerprint density at radius 2 is 2.10 bits per heavy atom. The van der Waals surface area contributed by atoms with Crippen molar-refractivity contribution < 1.29 is 17.9 Å². The molecule has 0 unspecified atom stereocenters. The number of benzene rings is 1. The van der Waals surface area contributed by atoms with Gasteiger partial charge in [-0.2, -0.15) is 4.31 Å². The third kappa shape index (κ3) is 3.14. The molecule has 0 heterocycles. The first-order chi connectivity index (χ1) is 9.46. The van der Waals surface area contributed by atoms with E-state index in [0.717, 1.165) is 25.3 Å². The van der Waals surface area contributed by atoms with Crippen LogP contribution in [0.3, 0.4) is 0 Å². The van der Waals surface area contributed by atoms with Crippen molar-refractivity contribution in [3.8, 4) is 0 Å². The molecule has 0 saturated heterocycles. The molecule has 1 fully saturated rings. The summed E-state index contributed by atoms with van der Waals surface area (Å²) >= 11 is 5.65. The van der Waals surface area contributed by atoms with Gasteiger partial charge in [0.15, 0.2) is 0 Å². The number of halogens is 2. The number of rotatable bonds is 6.